The van der Waals surface area contributed by atoms with E-state index in [1.807, 2.05) is 24.4 Å². The Labute approximate surface area is 227 Å². The summed E-state index contributed by atoms with van der Waals surface area (Å²) in [5.41, 5.74) is 1.50. The van der Waals surface area contributed by atoms with Gasteiger partial charge in [0.25, 0.3) is 0 Å². The van der Waals surface area contributed by atoms with Crippen LogP contribution < -0.4 is 10.1 Å². The van der Waals surface area contributed by atoms with Gasteiger partial charge in [-0.25, -0.2) is 0 Å². The van der Waals surface area contributed by atoms with Crippen molar-refractivity contribution in [2.75, 3.05) is 39.3 Å². The summed E-state index contributed by atoms with van der Waals surface area (Å²) >= 11 is 0. The van der Waals surface area contributed by atoms with Gasteiger partial charge in [0, 0.05) is 55.2 Å². The Kier molecular flexibility index (Phi) is 8.47. The maximum Gasteiger partial charge on any atom is 0.416 e. The lowest BCUT2D eigenvalue weighted by Crippen LogP contribution is -2.49. The van der Waals surface area contributed by atoms with E-state index in [9.17, 15) is 18.0 Å². The third-order valence-corrected chi connectivity index (χ3v) is 8.12. The molecule has 39 heavy (non-hydrogen) atoms. The number of likely N-dealkylation sites (N-methyl/N-ethyl adjacent to an activating group) is 1. The number of aromatic amines is 1. The van der Waals surface area contributed by atoms with Crippen LogP contribution in [-0.2, 0) is 17.5 Å². The molecular weight excluding hydrogens is 505 g/mol. The number of carbonyl (C=O) groups is 1. The zero-order valence-electron chi connectivity index (χ0n) is 22.3. The van der Waals surface area contributed by atoms with Gasteiger partial charge in [0.1, 0.15) is 5.75 Å². The van der Waals surface area contributed by atoms with E-state index in [-0.39, 0.29) is 30.1 Å². The maximum absolute atomic E-state index is 13.4. The number of alkyl halides is 3. The van der Waals surface area contributed by atoms with Crippen molar-refractivity contribution in [3.63, 3.8) is 0 Å². The molecule has 0 saturated carbocycles. The summed E-state index contributed by atoms with van der Waals surface area (Å²) in [6.45, 7) is 7.13. The fraction of sp³-hybridized carbons (Fsp3) is 0.500. The summed E-state index contributed by atoms with van der Waals surface area (Å²) in [6, 6.07) is 13.5. The number of hydrogen-bond donors (Lipinski definition) is 2. The summed E-state index contributed by atoms with van der Waals surface area (Å²) in [4.78, 5) is 21.4. The topological polar surface area (TPSA) is 60.6 Å². The molecule has 2 aliphatic heterocycles. The van der Waals surface area contributed by atoms with Crippen molar-refractivity contribution >= 4 is 16.8 Å². The van der Waals surface area contributed by atoms with Gasteiger partial charge in [-0.1, -0.05) is 31.2 Å². The lowest BCUT2D eigenvalue weighted by Gasteiger charge is -2.37. The highest BCUT2D eigenvalue weighted by molar-refractivity contribution is 5.83. The molecule has 2 aliphatic rings. The molecule has 9 heteroatoms. The average molecular weight is 543 g/mol. The third-order valence-electron chi connectivity index (χ3n) is 8.12. The molecule has 0 aliphatic carbocycles. The molecule has 2 fully saturated rings. The molecule has 3 aromatic rings. The number of nitrogens with one attached hydrogen (secondary N) is 2. The Morgan fingerprint density at radius 2 is 2.00 bits per heavy atom. The van der Waals surface area contributed by atoms with Crippen LogP contribution in [0.25, 0.3) is 10.9 Å². The van der Waals surface area contributed by atoms with Crippen LogP contribution >= 0.6 is 0 Å². The molecule has 0 spiro atoms. The number of H-pyrrole nitrogens is 1. The summed E-state index contributed by atoms with van der Waals surface area (Å²) < 4.78 is 45.4. The fourth-order valence-corrected chi connectivity index (χ4v) is 6.13. The van der Waals surface area contributed by atoms with E-state index in [0.717, 1.165) is 54.5 Å². The van der Waals surface area contributed by atoms with Gasteiger partial charge >= 0.3 is 6.18 Å². The first-order chi connectivity index (χ1) is 18.8. The number of piperidine rings is 1. The van der Waals surface area contributed by atoms with Crippen molar-refractivity contribution in [3.8, 4) is 5.75 Å². The number of fused-ring (bicyclic) bond motifs is 1. The Hall–Kier alpha value is -3.04. The largest absolute Gasteiger partial charge is 0.493 e. The number of hydrogen-bond acceptors (Lipinski definition) is 4. The van der Waals surface area contributed by atoms with E-state index in [2.05, 4.69) is 33.1 Å². The van der Waals surface area contributed by atoms with Gasteiger partial charge in [-0.15, -0.1) is 0 Å². The molecule has 5 rings (SSSR count). The number of para-hydroxylation sites is 1. The van der Waals surface area contributed by atoms with Gasteiger partial charge in [-0.2, -0.15) is 13.2 Å². The predicted octanol–water partition coefficient (Wildman–Crippen LogP) is 5.30. The zero-order valence-corrected chi connectivity index (χ0v) is 22.3. The van der Waals surface area contributed by atoms with Crippen LogP contribution in [0.1, 0.15) is 37.3 Å². The van der Waals surface area contributed by atoms with E-state index >= 15 is 0 Å². The molecule has 2 aromatic carbocycles. The van der Waals surface area contributed by atoms with Crippen LogP contribution in [0, 0.1) is 11.8 Å². The van der Waals surface area contributed by atoms with E-state index in [4.69, 9.17) is 4.74 Å². The summed E-state index contributed by atoms with van der Waals surface area (Å²) in [7, 11) is 0. The predicted molar refractivity (Wildman–Crippen MR) is 145 cm³/mol. The minimum atomic E-state index is -4.42. The second-order valence-corrected chi connectivity index (χ2v) is 10.9. The minimum Gasteiger partial charge on any atom is -0.493 e. The van der Waals surface area contributed by atoms with Gasteiger partial charge in [0.2, 0.25) is 5.91 Å². The standard InChI is InChI=1S/C30H37F3N4O2/c1-2-37-12-6-8-25(37)16-35-29(38)22-13-21(20-39-26-9-5-7-24(14-26)30(31,32)33)17-36(18-22)19-23-15-34-28-11-4-3-10-27(23)28/h3-5,7,9-11,14-15,21-22,25,34H,2,6,8,12-13,16-20H2,1H3,(H,35,38)/t21-,22+,25?/m0/s1. The van der Waals surface area contributed by atoms with E-state index in [1.54, 1.807) is 6.07 Å². The van der Waals surface area contributed by atoms with Crippen LogP contribution in [0.5, 0.6) is 5.75 Å². The van der Waals surface area contributed by atoms with Gasteiger partial charge in [0.15, 0.2) is 0 Å². The highest BCUT2D eigenvalue weighted by Gasteiger charge is 2.34. The fourth-order valence-electron chi connectivity index (χ4n) is 6.13. The molecular formula is C30H37F3N4O2. The van der Waals surface area contributed by atoms with Gasteiger partial charge in [0.05, 0.1) is 18.1 Å². The molecule has 0 radical (unpaired) electrons. The molecule has 1 aromatic heterocycles. The van der Waals surface area contributed by atoms with Crippen LogP contribution in [0.3, 0.4) is 0 Å². The van der Waals surface area contributed by atoms with E-state index in [0.29, 0.717) is 38.6 Å². The summed E-state index contributed by atoms with van der Waals surface area (Å²) in [5, 5.41) is 4.36. The Bertz CT molecular complexity index is 1260. The monoisotopic (exact) mass is 542 g/mol. The summed E-state index contributed by atoms with van der Waals surface area (Å²) in [5.74, 6) is 0.0366. The molecule has 3 heterocycles. The molecule has 3 atom stereocenters. The second-order valence-electron chi connectivity index (χ2n) is 10.9. The number of carbonyl (C=O) groups excluding carboxylic acids is 1. The van der Waals surface area contributed by atoms with Crippen molar-refractivity contribution in [2.24, 2.45) is 11.8 Å². The highest BCUT2D eigenvalue weighted by atomic mass is 19.4. The molecule has 2 saturated heterocycles. The molecule has 0 bridgehead atoms. The van der Waals surface area contributed by atoms with Gasteiger partial charge in [-0.05, 0) is 62.2 Å². The van der Waals surface area contributed by atoms with Gasteiger partial charge < -0.3 is 15.0 Å². The number of ether oxygens (including phenoxy) is 1. The normalized spacial score (nSPS) is 22.8. The number of likely N-dealkylation sites (tertiary alicyclic amines) is 2. The molecule has 2 N–H and O–H groups in total. The average Bonchev–Trinajstić information content (AvgIpc) is 3.57. The SMILES string of the molecule is CCN1CCCC1CNC(=O)[C@@H]1C[C@H](COc2cccc(C(F)(F)F)c2)CN(Cc2c[nH]c3ccccc23)C1. The van der Waals surface area contributed by atoms with Crippen molar-refractivity contribution < 1.29 is 22.7 Å². The van der Waals surface area contributed by atoms with Crippen molar-refractivity contribution in [3.05, 3.63) is 65.9 Å². The lowest BCUT2D eigenvalue weighted by molar-refractivity contribution is -0.137. The quantitative estimate of drug-likeness (QED) is 0.385. The number of amides is 1. The number of aromatic nitrogens is 1. The van der Waals surface area contributed by atoms with E-state index < -0.39 is 11.7 Å². The first-order valence-electron chi connectivity index (χ1n) is 13.9. The van der Waals surface area contributed by atoms with E-state index in [1.165, 1.54) is 6.07 Å². The van der Waals surface area contributed by atoms with Crippen molar-refractivity contribution in [2.45, 2.75) is 44.9 Å². The third kappa shape index (κ3) is 6.76. The molecule has 210 valence electrons. The van der Waals surface area contributed by atoms with Crippen LogP contribution in [-0.4, -0.2) is 66.1 Å². The Morgan fingerprint density at radius 1 is 1.15 bits per heavy atom. The summed E-state index contributed by atoms with van der Waals surface area (Å²) in [6.07, 6.45) is 0.486. The molecule has 1 amide bonds. The van der Waals surface area contributed by atoms with Crippen molar-refractivity contribution in [1.82, 2.24) is 20.1 Å². The lowest BCUT2D eigenvalue weighted by atomic mass is 9.88. The van der Waals surface area contributed by atoms with Crippen LogP contribution in [0.15, 0.2) is 54.7 Å². The molecule has 1 unspecified atom stereocenters. The van der Waals surface area contributed by atoms with Crippen LogP contribution in [0.2, 0.25) is 0 Å². The van der Waals surface area contributed by atoms with Gasteiger partial charge in [-0.3, -0.25) is 14.6 Å². The number of benzene rings is 2. The number of rotatable bonds is 9. The second kappa shape index (κ2) is 12.0. The first-order valence-corrected chi connectivity index (χ1v) is 13.9. The smallest absolute Gasteiger partial charge is 0.416 e. The molecule has 6 nitrogen and oxygen atoms in total. The number of nitrogens with zero attached hydrogens (tertiary/aromatic N) is 2. The zero-order chi connectivity index (χ0) is 27.4. The highest BCUT2D eigenvalue weighted by Crippen LogP contribution is 2.32. The van der Waals surface area contributed by atoms with Crippen molar-refractivity contribution in [1.29, 1.82) is 0 Å². The Morgan fingerprint density at radius 3 is 2.82 bits per heavy atom. The minimum absolute atomic E-state index is 0.00729. The first kappa shape index (κ1) is 27.5. The maximum atomic E-state index is 13.4. The number of halogens is 3. The van der Waals surface area contributed by atoms with Crippen LogP contribution in [0.4, 0.5) is 13.2 Å². The Balaban J connectivity index is 1.27.